The molecular formula is C9H21N3O2S2. The fraction of sp³-hybridized carbons (Fsp3) is 1.00. The summed E-state index contributed by atoms with van der Waals surface area (Å²) in [5.41, 5.74) is 5.76. The molecule has 0 radical (unpaired) electrons. The second-order valence-electron chi connectivity index (χ2n) is 4.28. The molecule has 1 aliphatic heterocycles. The third kappa shape index (κ3) is 2.70. The van der Waals surface area contributed by atoms with Crippen molar-refractivity contribution in [1.29, 1.82) is 0 Å². The van der Waals surface area contributed by atoms with Crippen molar-refractivity contribution in [3.8, 4) is 0 Å². The molecule has 1 heterocycles. The van der Waals surface area contributed by atoms with E-state index >= 15 is 0 Å². The van der Waals surface area contributed by atoms with Crippen LogP contribution in [0.3, 0.4) is 0 Å². The number of rotatable bonds is 4. The van der Waals surface area contributed by atoms with Gasteiger partial charge in [-0.05, 0) is 19.1 Å². The maximum Gasteiger partial charge on any atom is 0.281 e. The molecule has 0 aromatic carbocycles. The second-order valence-corrected chi connectivity index (χ2v) is 7.70. The molecule has 7 heteroatoms. The highest BCUT2D eigenvalue weighted by Crippen LogP contribution is 2.34. The van der Waals surface area contributed by atoms with Gasteiger partial charge in [-0.15, -0.1) is 0 Å². The Balaban J connectivity index is 2.69. The summed E-state index contributed by atoms with van der Waals surface area (Å²) in [5.74, 6) is 0. The van der Waals surface area contributed by atoms with Gasteiger partial charge < -0.3 is 5.73 Å². The average molecular weight is 267 g/mol. The molecule has 0 unspecified atom stereocenters. The summed E-state index contributed by atoms with van der Waals surface area (Å²) < 4.78 is 26.6. The third-order valence-electron chi connectivity index (χ3n) is 3.23. The average Bonchev–Trinajstić information content (AvgIpc) is 2.29. The lowest BCUT2D eigenvalue weighted by molar-refractivity contribution is 0.287. The highest BCUT2D eigenvalue weighted by molar-refractivity contribution is 8.00. The number of hydrogen-bond donors (Lipinski definition) is 1. The quantitative estimate of drug-likeness (QED) is 0.775. The Morgan fingerprint density at radius 3 is 2.19 bits per heavy atom. The first kappa shape index (κ1) is 14.2. The van der Waals surface area contributed by atoms with Crippen LogP contribution in [0.4, 0.5) is 0 Å². The van der Waals surface area contributed by atoms with Crippen LogP contribution in [0, 0.1) is 0 Å². The summed E-state index contributed by atoms with van der Waals surface area (Å²) in [6.07, 6.45) is 3.71. The Kier molecular flexibility index (Phi) is 4.65. The lowest BCUT2D eigenvalue weighted by Crippen LogP contribution is -2.50. The lowest BCUT2D eigenvalue weighted by Gasteiger charge is -2.40. The molecule has 96 valence electrons. The van der Waals surface area contributed by atoms with Gasteiger partial charge in [-0.1, -0.05) is 0 Å². The first-order chi connectivity index (χ1) is 7.38. The smallest absolute Gasteiger partial charge is 0.281 e. The Morgan fingerprint density at radius 1 is 1.38 bits per heavy atom. The molecule has 0 aliphatic carbocycles. The fourth-order valence-corrected chi connectivity index (χ4v) is 3.71. The summed E-state index contributed by atoms with van der Waals surface area (Å²) in [6, 6.07) is 0. The van der Waals surface area contributed by atoms with E-state index in [9.17, 15) is 8.42 Å². The van der Waals surface area contributed by atoms with Gasteiger partial charge in [0.1, 0.15) is 0 Å². The van der Waals surface area contributed by atoms with Crippen LogP contribution < -0.4 is 5.73 Å². The first-order valence-corrected chi connectivity index (χ1v) is 7.93. The minimum Gasteiger partial charge on any atom is -0.329 e. The Morgan fingerprint density at radius 2 is 1.88 bits per heavy atom. The lowest BCUT2D eigenvalue weighted by atomic mass is 9.97. The van der Waals surface area contributed by atoms with Crippen molar-refractivity contribution < 1.29 is 8.42 Å². The highest BCUT2D eigenvalue weighted by Gasteiger charge is 2.37. The van der Waals surface area contributed by atoms with Gasteiger partial charge in [-0.2, -0.15) is 28.8 Å². The zero-order valence-corrected chi connectivity index (χ0v) is 11.8. The molecule has 1 aliphatic rings. The third-order valence-corrected chi connectivity index (χ3v) is 6.61. The molecular weight excluding hydrogens is 246 g/mol. The van der Waals surface area contributed by atoms with E-state index in [4.69, 9.17) is 5.73 Å². The molecule has 0 aromatic heterocycles. The number of thioether (sulfide) groups is 1. The minimum atomic E-state index is -3.25. The van der Waals surface area contributed by atoms with Crippen molar-refractivity contribution in [3.63, 3.8) is 0 Å². The normalized spacial score (nSPS) is 22.6. The molecule has 0 spiro atoms. The predicted molar refractivity (Wildman–Crippen MR) is 68.7 cm³/mol. The number of nitrogens with two attached hydrogens (primary N) is 1. The molecule has 5 nitrogen and oxygen atoms in total. The number of piperidine rings is 1. The van der Waals surface area contributed by atoms with Crippen molar-refractivity contribution in [2.45, 2.75) is 17.6 Å². The van der Waals surface area contributed by atoms with E-state index in [2.05, 4.69) is 0 Å². The SMILES string of the molecule is CSC1(CN)CCN(S(=O)(=O)N(C)C)CC1. The second kappa shape index (κ2) is 5.22. The van der Waals surface area contributed by atoms with Gasteiger partial charge in [0.15, 0.2) is 0 Å². The molecule has 0 bridgehead atoms. The maximum absolute atomic E-state index is 11.9. The van der Waals surface area contributed by atoms with Crippen LogP contribution in [0.1, 0.15) is 12.8 Å². The topological polar surface area (TPSA) is 66.6 Å². The molecule has 1 rings (SSSR count). The molecule has 1 saturated heterocycles. The summed E-state index contributed by atoms with van der Waals surface area (Å²) >= 11 is 1.75. The molecule has 0 atom stereocenters. The van der Waals surface area contributed by atoms with Crippen molar-refractivity contribution in [2.75, 3.05) is 40.0 Å². The monoisotopic (exact) mass is 267 g/mol. The molecule has 1 fully saturated rings. The molecule has 0 amide bonds. The van der Waals surface area contributed by atoms with Crippen LogP contribution in [0.2, 0.25) is 0 Å². The largest absolute Gasteiger partial charge is 0.329 e. The highest BCUT2D eigenvalue weighted by atomic mass is 32.2. The van der Waals surface area contributed by atoms with Crippen LogP contribution in [-0.4, -0.2) is 61.8 Å². The molecule has 2 N–H and O–H groups in total. The summed E-state index contributed by atoms with van der Waals surface area (Å²) in [7, 11) is -0.122. The van der Waals surface area contributed by atoms with Gasteiger partial charge in [0.25, 0.3) is 10.2 Å². The first-order valence-electron chi connectivity index (χ1n) is 5.31. The van der Waals surface area contributed by atoms with Gasteiger partial charge >= 0.3 is 0 Å². The fourth-order valence-electron chi connectivity index (χ4n) is 1.85. The van der Waals surface area contributed by atoms with Gasteiger partial charge in [-0.3, -0.25) is 0 Å². The van der Waals surface area contributed by atoms with E-state index in [1.165, 1.54) is 8.61 Å². The zero-order valence-electron chi connectivity index (χ0n) is 10.1. The Labute approximate surface area is 103 Å². The maximum atomic E-state index is 11.9. The predicted octanol–water partition coefficient (Wildman–Crippen LogP) is -0.0509. The van der Waals surface area contributed by atoms with Crippen LogP contribution >= 0.6 is 11.8 Å². The van der Waals surface area contributed by atoms with Gasteiger partial charge in [0.05, 0.1) is 0 Å². The van der Waals surface area contributed by atoms with E-state index in [0.717, 1.165) is 12.8 Å². The number of hydrogen-bond acceptors (Lipinski definition) is 4. The molecule has 16 heavy (non-hydrogen) atoms. The van der Waals surface area contributed by atoms with E-state index in [0.29, 0.717) is 19.6 Å². The van der Waals surface area contributed by atoms with E-state index in [1.807, 2.05) is 6.26 Å². The Bertz CT molecular complexity index is 316. The van der Waals surface area contributed by atoms with Crippen LogP contribution in [0.25, 0.3) is 0 Å². The van der Waals surface area contributed by atoms with Crippen LogP contribution in [0.5, 0.6) is 0 Å². The van der Waals surface area contributed by atoms with E-state index in [-0.39, 0.29) is 4.75 Å². The summed E-state index contributed by atoms with van der Waals surface area (Å²) in [6.45, 7) is 1.75. The van der Waals surface area contributed by atoms with Crippen molar-refractivity contribution in [1.82, 2.24) is 8.61 Å². The van der Waals surface area contributed by atoms with Gasteiger partial charge in [-0.25, -0.2) is 0 Å². The van der Waals surface area contributed by atoms with E-state index < -0.39 is 10.2 Å². The molecule has 0 saturated carbocycles. The van der Waals surface area contributed by atoms with Crippen molar-refractivity contribution in [3.05, 3.63) is 0 Å². The van der Waals surface area contributed by atoms with Crippen molar-refractivity contribution >= 4 is 22.0 Å². The summed E-state index contributed by atoms with van der Waals surface area (Å²) in [4.78, 5) is 0. The Hall–Kier alpha value is 0.180. The minimum absolute atomic E-state index is 0.0678. The van der Waals surface area contributed by atoms with Gasteiger partial charge in [0.2, 0.25) is 0 Å². The van der Waals surface area contributed by atoms with Crippen LogP contribution in [-0.2, 0) is 10.2 Å². The van der Waals surface area contributed by atoms with E-state index in [1.54, 1.807) is 25.9 Å². The zero-order chi connectivity index (χ0) is 12.4. The van der Waals surface area contributed by atoms with Crippen LogP contribution in [0.15, 0.2) is 0 Å². The molecule has 0 aromatic rings. The van der Waals surface area contributed by atoms with Gasteiger partial charge in [0, 0.05) is 38.5 Å². The number of nitrogens with zero attached hydrogens (tertiary/aromatic N) is 2. The standard InChI is InChI=1S/C9H21N3O2S2/c1-11(2)16(13,14)12-6-4-9(8-10,15-3)5-7-12/h4-8,10H2,1-3H3. The van der Waals surface area contributed by atoms with Crippen molar-refractivity contribution in [2.24, 2.45) is 5.73 Å². The summed E-state index contributed by atoms with van der Waals surface area (Å²) in [5, 5.41) is 0.